The molecule has 1 aromatic carbocycles. The van der Waals surface area contributed by atoms with Gasteiger partial charge in [-0.15, -0.1) is 0 Å². The Labute approximate surface area is 207 Å². The Hall–Kier alpha value is -2.76. The molecule has 2 aliphatic carbocycles. The molecule has 6 rings (SSSR count). The molecule has 190 valence electrons. The number of halogens is 3. The number of hydrogen-bond acceptors (Lipinski definition) is 4. The average molecular weight is 518 g/mol. The molecule has 2 fully saturated rings. The highest BCUT2D eigenvalue weighted by atomic mass is 32.2. The molecule has 3 aromatic rings. The first kappa shape index (κ1) is 23.6. The van der Waals surface area contributed by atoms with Crippen LogP contribution in [-0.4, -0.2) is 52.3 Å². The molecule has 0 amide bonds. The number of aryl methyl sites for hydroxylation is 1. The van der Waals surface area contributed by atoms with Crippen molar-refractivity contribution in [1.29, 1.82) is 0 Å². The van der Waals surface area contributed by atoms with Crippen molar-refractivity contribution in [1.82, 2.24) is 23.8 Å². The molecule has 2 aromatic heterocycles. The first-order valence-corrected chi connectivity index (χ1v) is 13.4. The van der Waals surface area contributed by atoms with E-state index in [1.165, 1.54) is 0 Å². The molecule has 0 unspecified atom stereocenters. The summed E-state index contributed by atoms with van der Waals surface area (Å²) in [6.07, 6.45) is 1.76. The lowest BCUT2D eigenvalue weighted by atomic mass is 9.79. The smallest absolute Gasteiger partial charge is 0.267 e. The van der Waals surface area contributed by atoms with Gasteiger partial charge >= 0.3 is 6.18 Å². The van der Waals surface area contributed by atoms with Gasteiger partial charge in [0.15, 0.2) is 0 Å². The van der Waals surface area contributed by atoms with Gasteiger partial charge in [-0.3, -0.25) is 9.67 Å². The number of benzene rings is 1. The quantitative estimate of drug-likeness (QED) is 0.574. The Morgan fingerprint density at radius 3 is 2.53 bits per heavy atom. The maximum Gasteiger partial charge on any atom is 0.402 e. The van der Waals surface area contributed by atoms with Crippen molar-refractivity contribution in [2.45, 2.75) is 37.4 Å². The summed E-state index contributed by atoms with van der Waals surface area (Å²) in [5, 5.41) is 4.70. The summed E-state index contributed by atoms with van der Waals surface area (Å²) in [6, 6.07) is 12.1. The molecule has 0 radical (unpaired) electrons. The average Bonchev–Trinajstić information content (AvgIpc) is 3.38. The van der Waals surface area contributed by atoms with Crippen molar-refractivity contribution in [2.75, 3.05) is 13.1 Å². The van der Waals surface area contributed by atoms with Gasteiger partial charge in [0.05, 0.1) is 16.9 Å². The molecule has 2 bridgehead atoms. The zero-order valence-electron chi connectivity index (χ0n) is 19.7. The fourth-order valence-corrected chi connectivity index (χ4v) is 8.10. The van der Waals surface area contributed by atoms with Crippen LogP contribution < -0.4 is 4.72 Å². The van der Waals surface area contributed by atoms with Crippen LogP contribution in [0.1, 0.15) is 24.0 Å². The van der Waals surface area contributed by atoms with E-state index in [1.54, 1.807) is 12.4 Å². The highest BCUT2D eigenvalue weighted by Gasteiger charge is 2.60. The van der Waals surface area contributed by atoms with Crippen molar-refractivity contribution < 1.29 is 21.6 Å². The van der Waals surface area contributed by atoms with E-state index < -0.39 is 28.5 Å². The molecule has 3 atom stereocenters. The molecule has 3 aliphatic rings. The SMILES string of the molecule is Cn1nc(-c2ccc3c(c2)C[C@@H]2CC[C@H](C3)[C@]23CN(CC(F)(F)F)S(=O)(=O)N3)cc1-c1cccnc1. The normalized spacial score (nSPS) is 27.3. The zero-order chi connectivity index (χ0) is 25.3. The largest absolute Gasteiger partial charge is 0.402 e. The monoisotopic (exact) mass is 517 g/mol. The lowest BCUT2D eigenvalue weighted by Crippen LogP contribution is -2.52. The van der Waals surface area contributed by atoms with Gasteiger partial charge in [0.1, 0.15) is 6.54 Å². The first-order chi connectivity index (χ1) is 17.0. The summed E-state index contributed by atoms with van der Waals surface area (Å²) in [5.74, 6) is -0.115. The maximum absolute atomic E-state index is 13.1. The Morgan fingerprint density at radius 2 is 1.83 bits per heavy atom. The second kappa shape index (κ2) is 8.12. The van der Waals surface area contributed by atoms with Crippen molar-refractivity contribution in [3.8, 4) is 22.5 Å². The van der Waals surface area contributed by atoms with Crippen LogP contribution >= 0.6 is 0 Å². The second-order valence-electron chi connectivity index (χ2n) is 10.2. The van der Waals surface area contributed by atoms with Gasteiger partial charge < -0.3 is 0 Å². The summed E-state index contributed by atoms with van der Waals surface area (Å²) >= 11 is 0. The third-order valence-electron chi connectivity index (χ3n) is 8.04. The molecule has 1 aliphatic heterocycles. The van der Waals surface area contributed by atoms with Crippen molar-refractivity contribution >= 4 is 10.2 Å². The second-order valence-corrected chi connectivity index (χ2v) is 11.8. The molecule has 1 saturated heterocycles. The van der Waals surface area contributed by atoms with Gasteiger partial charge in [-0.1, -0.05) is 12.1 Å². The van der Waals surface area contributed by atoms with Crippen LogP contribution in [-0.2, 0) is 30.1 Å². The zero-order valence-corrected chi connectivity index (χ0v) is 20.5. The van der Waals surface area contributed by atoms with E-state index in [9.17, 15) is 21.6 Å². The number of pyridine rings is 1. The molecule has 36 heavy (non-hydrogen) atoms. The van der Waals surface area contributed by atoms with E-state index in [-0.39, 0.29) is 18.4 Å². The summed E-state index contributed by atoms with van der Waals surface area (Å²) in [7, 11) is -2.31. The van der Waals surface area contributed by atoms with Crippen molar-refractivity contribution in [2.24, 2.45) is 18.9 Å². The highest BCUT2D eigenvalue weighted by Crippen LogP contribution is 2.50. The van der Waals surface area contributed by atoms with E-state index >= 15 is 0 Å². The number of nitrogens with zero attached hydrogens (tertiary/aromatic N) is 4. The lowest BCUT2D eigenvalue weighted by Gasteiger charge is -2.33. The number of rotatable bonds is 3. The van der Waals surface area contributed by atoms with E-state index in [0.29, 0.717) is 17.1 Å². The standard InChI is InChI=1S/C25H26F3N5O2S/c1-32-23(18-3-2-8-29-13-18)12-22(30-32)17-5-4-16-10-20-6-7-21(11-19(16)9-17)24(20)14-33(15-25(26,27)28)36(34,35)31-24/h2-5,8-9,12-13,20-21,31H,6-7,10-11,14-15H2,1H3/t20-,21+,24-/m1/s1. The Morgan fingerprint density at radius 1 is 1.08 bits per heavy atom. The summed E-state index contributed by atoms with van der Waals surface area (Å²) in [4.78, 5) is 4.19. The third-order valence-corrected chi connectivity index (χ3v) is 9.62. The molecular weight excluding hydrogens is 491 g/mol. The van der Waals surface area contributed by atoms with Crippen molar-refractivity contribution in [3.05, 3.63) is 59.9 Å². The molecule has 7 nitrogen and oxygen atoms in total. The molecule has 1 spiro atoms. The van der Waals surface area contributed by atoms with Crippen LogP contribution in [0.5, 0.6) is 0 Å². The maximum atomic E-state index is 13.1. The summed E-state index contributed by atoms with van der Waals surface area (Å²) in [5.41, 5.74) is 5.05. The predicted molar refractivity (Wildman–Crippen MR) is 128 cm³/mol. The third kappa shape index (κ3) is 3.93. The minimum absolute atomic E-state index is 0.0466. The summed E-state index contributed by atoms with van der Waals surface area (Å²) in [6.45, 7) is -1.60. The van der Waals surface area contributed by atoms with Crippen LogP contribution in [0.4, 0.5) is 13.2 Å². The number of nitrogens with one attached hydrogen (secondary N) is 1. The topological polar surface area (TPSA) is 80.1 Å². The number of aromatic nitrogens is 3. The van der Waals surface area contributed by atoms with Gasteiger partial charge in [0, 0.05) is 37.1 Å². The van der Waals surface area contributed by atoms with Crippen LogP contribution in [0.2, 0.25) is 0 Å². The van der Waals surface area contributed by atoms with E-state index in [2.05, 4.69) is 21.8 Å². The minimum atomic E-state index is -4.58. The molecule has 11 heteroatoms. The number of hydrogen-bond donors (Lipinski definition) is 1. The van der Waals surface area contributed by atoms with Gasteiger partial charge in [-0.25, -0.2) is 0 Å². The number of alkyl halides is 3. The Kier molecular flexibility index (Phi) is 5.33. The van der Waals surface area contributed by atoms with E-state index in [0.717, 1.165) is 46.5 Å². The predicted octanol–water partition coefficient (Wildman–Crippen LogP) is 3.73. The number of fused-ring (bicyclic) bond motifs is 1. The van der Waals surface area contributed by atoms with Crippen LogP contribution in [0.25, 0.3) is 22.5 Å². The summed E-state index contributed by atoms with van der Waals surface area (Å²) < 4.78 is 69.8. The lowest BCUT2D eigenvalue weighted by molar-refractivity contribution is -0.136. The van der Waals surface area contributed by atoms with E-state index in [4.69, 9.17) is 5.10 Å². The Balaban J connectivity index is 1.31. The van der Waals surface area contributed by atoms with Gasteiger partial charge in [0.2, 0.25) is 0 Å². The molecular formula is C25H26F3N5O2S. The fraction of sp³-hybridized carbons (Fsp3) is 0.440. The molecule has 1 N–H and O–H groups in total. The van der Waals surface area contributed by atoms with Gasteiger partial charge in [-0.2, -0.15) is 35.7 Å². The highest BCUT2D eigenvalue weighted by molar-refractivity contribution is 7.87. The molecule has 1 saturated carbocycles. The van der Waals surface area contributed by atoms with E-state index in [1.807, 2.05) is 36.0 Å². The van der Waals surface area contributed by atoms with Crippen LogP contribution in [0, 0.1) is 11.8 Å². The molecule has 3 heterocycles. The van der Waals surface area contributed by atoms with Crippen LogP contribution in [0.15, 0.2) is 48.8 Å². The minimum Gasteiger partial charge on any atom is -0.267 e. The Bertz CT molecular complexity index is 1420. The van der Waals surface area contributed by atoms with Crippen LogP contribution in [0.3, 0.4) is 0 Å². The first-order valence-electron chi connectivity index (χ1n) is 12.0. The van der Waals surface area contributed by atoms with Crippen molar-refractivity contribution in [3.63, 3.8) is 0 Å². The van der Waals surface area contributed by atoms with Gasteiger partial charge in [-0.05, 0) is 72.9 Å². The fourth-order valence-electron chi connectivity index (χ4n) is 6.40. The van der Waals surface area contributed by atoms with Gasteiger partial charge in [0.25, 0.3) is 10.2 Å².